The van der Waals surface area contributed by atoms with Gasteiger partial charge in [0.2, 0.25) is 0 Å². The predicted molar refractivity (Wildman–Crippen MR) is 196 cm³/mol. The minimum atomic E-state index is 0.0372. The number of aliphatic imine (C=N–C) groups is 1. The van der Waals surface area contributed by atoms with Crippen LogP contribution in [-0.4, -0.2) is 97.7 Å². The van der Waals surface area contributed by atoms with E-state index in [0.717, 1.165) is 56.3 Å². The molecule has 2 amide bonds. The Bertz CT molecular complexity index is 1290. The summed E-state index contributed by atoms with van der Waals surface area (Å²) in [7, 11) is 2.63. The van der Waals surface area contributed by atoms with Crippen molar-refractivity contribution in [2.45, 2.75) is 46.5 Å². The fourth-order valence-corrected chi connectivity index (χ4v) is 5.07. The molecule has 3 aromatic rings. The Kier molecular flexibility index (Phi) is 19.6. The number of hydrogen-bond acceptors (Lipinski definition) is 7. The van der Waals surface area contributed by atoms with E-state index in [2.05, 4.69) is 65.0 Å². The maximum absolute atomic E-state index is 13.3. The highest BCUT2D eigenvalue weighted by molar-refractivity contribution is 7.27. The molecule has 1 saturated heterocycles. The lowest BCUT2D eigenvalue weighted by Gasteiger charge is -2.36. The van der Waals surface area contributed by atoms with E-state index in [4.69, 9.17) is 19.4 Å². The van der Waals surface area contributed by atoms with E-state index in [9.17, 15) is 4.79 Å². The van der Waals surface area contributed by atoms with Gasteiger partial charge in [-0.1, -0.05) is 82.3 Å². The molecule has 0 aliphatic carbocycles. The number of amides is 2. The number of benzene rings is 3. The van der Waals surface area contributed by atoms with Gasteiger partial charge in [-0.3, -0.25) is 14.8 Å². The quantitative estimate of drug-likeness (QED) is 0.346. The molecule has 2 heterocycles. The van der Waals surface area contributed by atoms with Crippen LogP contribution in [0.4, 0.5) is 4.79 Å². The van der Waals surface area contributed by atoms with Crippen molar-refractivity contribution in [2.24, 2.45) is 4.99 Å². The number of para-hydroxylation sites is 1. The lowest BCUT2D eigenvalue weighted by atomic mass is 9.86. The Hall–Kier alpha value is -4.07. The molecular formula is C37H53N4O5P. The summed E-state index contributed by atoms with van der Waals surface area (Å²) in [5, 5.41) is 9.87. The molecule has 0 spiro atoms. The summed E-state index contributed by atoms with van der Waals surface area (Å²) < 4.78 is 5.96. The smallest absolute Gasteiger partial charge is 0.325 e. The number of aromatic hydroxyl groups is 1. The molecule has 0 aromatic heterocycles. The molecule has 0 saturated carbocycles. The van der Waals surface area contributed by atoms with Crippen LogP contribution < -0.4 is 10.0 Å². The highest BCUT2D eigenvalue weighted by Crippen LogP contribution is 2.31. The monoisotopic (exact) mass is 664 g/mol. The van der Waals surface area contributed by atoms with E-state index in [0.29, 0.717) is 25.4 Å². The van der Waals surface area contributed by atoms with Gasteiger partial charge in [0, 0.05) is 32.7 Å². The Balaban J connectivity index is 0.000000497. The van der Waals surface area contributed by atoms with E-state index in [-0.39, 0.29) is 11.4 Å². The van der Waals surface area contributed by atoms with Crippen LogP contribution in [0.15, 0.2) is 83.9 Å². The number of urea groups is 1. The summed E-state index contributed by atoms with van der Waals surface area (Å²) in [6.45, 7) is 21.2. The van der Waals surface area contributed by atoms with Crippen molar-refractivity contribution in [3.8, 4) is 11.5 Å². The molecule has 2 aliphatic heterocycles. The number of amidine groups is 1. The van der Waals surface area contributed by atoms with Gasteiger partial charge in [-0.2, -0.15) is 0 Å². The fourth-order valence-electron chi connectivity index (χ4n) is 4.84. The Labute approximate surface area is 283 Å². The van der Waals surface area contributed by atoms with E-state index in [1.54, 1.807) is 24.3 Å². The average Bonchev–Trinajstić information content (AvgIpc) is 3.58. The Morgan fingerprint density at radius 1 is 0.872 bits per heavy atom. The third kappa shape index (κ3) is 14.1. The number of phenolic OH excluding ortho intramolecular Hbond substituents is 1. The molecule has 5 rings (SSSR count). The van der Waals surface area contributed by atoms with Gasteiger partial charge in [0.15, 0.2) is 0 Å². The maximum Gasteiger partial charge on any atom is 0.325 e. The first-order chi connectivity index (χ1) is 22.6. The van der Waals surface area contributed by atoms with Gasteiger partial charge in [-0.05, 0) is 60.4 Å². The largest absolute Gasteiger partial charge is 0.508 e. The topological polar surface area (TPSA) is 103 Å². The molecule has 3 aromatic carbocycles. The van der Waals surface area contributed by atoms with Gasteiger partial charge in [0.1, 0.15) is 30.9 Å². The molecule has 47 heavy (non-hydrogen) atoms. The van der Waals surface area contributed by atoms with E-state index >= 15 is 0 Å². The average molecular weight is 665 g/mol. The van der Waals surface area contributed by atoms with E-state index in [1.807, 2.05) is 66.7 Å². The minimum absolute atomic E-state index is 0.0372. The zero-order valence-electron chi connectivity index (χ0n) is 28.7. The first-order valence-corrected chi connectivity index (χ1v) is 16.4. The lowest BCUT2D eigenvalue weighted by Crippen LogP contribution is -2.53. The van der Waals surface area contributed by atoms with Crippen LogP contribution in [0.5, 0.6) is 11.5 Å². The third-order valence-corrected chi connectivity index (χ3v) is 7.58. The molecule has 1 N–H and O–H groups in total. The van der Waals surface area contributed by atoms with Gasteiger partial charge >= 0.3 is 6.03 Å². The first kappa shape index (κ1) is 41.0. The second-order valence-electron chi connectivity index (χ2n) is 11.6. The van der Waals surface area contributed by atoms with Crippen molar-refractivity contribution in [2.75, 3.05) is 52.4 Å². The fraction of sp³-hybridized carbons (Fsp3) is 0.405. The molecule has 1 unspecified atom stereocenters. The molecule has 0 bridgehead atoms. The summed E-state index contributed by atoms with van der Waals surface area (Å²) in [5.74, 6) is 1.88. The zero-order valence-corrected chi connectivity index (χ0v) is 29.9. The van der Waals surface area contributed by atoms with Crippen molar-refractivity contribution in [1.29, 1.82) is 0 Å². The van der Waals surface area contributed by atoms with Gasteiger partial charge in [-0.15, -0.1) is 9.24 Å². The summed E-state index contributed by atoms with van der Waals surface area (Å²) in [6, 6.07) is 25.2. The minimum Gasteiger partial charge on any atom is -0.508 e. The number of nitrogens with zero attached hydrogens (tertiary/aromatic N) is 4. The molecule has 0 radical (unpaired) electrons. The number of carbonyl (C=O) groups is 3. The Morgan fingerprint density at radius 2 is 1.45 bits per heavy atom. The number of ether oxygens (including phenoxy) is 1. The van der Waals surface area contributed by atoms with Gasteiger partial charge < -0.3 is 24.3 Å². The summed E-state index contributed by atoms with van der Waals surface area (Å²) in [6.07, 6.45) is 1.15. The first-order valence-electron chi connectivity index (χ1n) is 15.9. The highest BCUT2D eigenvalue weighted by atomic mass is 31.0. The van der Waals surface area contributed by atoms with Crippen LogP contribution >= 0.6 is 9.24 Å². The Morgan fingerprint density at radius 3 is 1.89 bits per heavy atom. The van der Waals surface area contributed by atoms with Gasteiger partial charge in [-0.25, -0.2) is 4.79 Å². The number of carbonyl (C=O) groups excluding carboxylic acids is 3. The van der Waals surface area contributed by atoms with Crippen LogP contribution in [-0.2, 0) is 15.0 Å². The van der Waals surface area contributed by atoms with Crippen molar-refractivity contribution in [1.82, 2.24) is 14.7 Å². The number of piperazine rings is 1. The second kappa shape index (κ2) is 22.5. The summed E-state index contributed by atoms with van der Waals surface area (Å²) >= 11 is 0. The molecule has 1 atom stereocenters. The van der Waals surface area contributed by atoms with Crippen LogP contribution in [0.3, 0.4) is 0 Å². The second-order valence-corrected chi connectivity index (χ2v) is 12.3. The van der Waals surface area contributed by atoms with Crippen LogP contribution in [0, 0.1) is 0 Å². The normalized spacial score (nSPS) is 14.0. The van der Waals surface area contributed by atoms with Crippen LogP contribution in [0.2, 0.25) is 0 Å². The van der Waals surface area contributed by atoms with Crippen LogP contribution in [0.25, 0.3) is 0 Å². The summed E-state index contributed by atoms with van der Waals surface area (Å²) in [4.78, 5) is 40.2. The maximum atomic E-state index is 13.3. The highest BCUT2D eigenvalue weighted by Gasteiger charge is 2.32. The van der Waals surface area contributed by atoms with E-state index < -0.39 is 0 Å². The van der Waals surface area contributed by atoms with Crippen molar-refractivity contribution in [3.05, 3.63) is 90.0 Å². The van der Waals surface area contributed by atoms with Gasteiger partial charge in [0.25, 0.3) is 0 Å². The predicted octanol–water partition coefficient (Wildman–Crippen LogP) is 5.80. The van der Waals surface area contributed by atoms with Crippen molar-refractivity contribution < 1.29 is 24.2 Å². The lowest BCUT2D eigenvalue weighted by molar-refractivity contribution is -0.0987. The van der Waals surface area contributed by atoms with E-state index in [1.165, 1.54) is 10.9 Å². The molecule has 1 fully saturated rings. The van der Waals surface area contributed by atoms with Gasteiger partial charge in [0.05, 0.1) is 18.7 Å². The number of hydrogen-bond donors (Lipinski definition) is 1. The molecule has 9 nitrogen and oxygen atoms in total. The molecule has 10 heteroatoms. The molecule has 2 aliphatic rings. The SMILES string of the molecule is C=O.C=O.CCCN1CCN(C(=O)N2CCN=C2c2ccc(C(C)(C)C)cc2OCC)CC1.Oc1ccccc1.Pc1ccccc1. The van der Waals surface area contributed by atoms with Crippen molar-refractivity contribution in [3.63, 3.8) is 0 Å². The number of rotatable bonds is 5. The van der Waals surface area contributed by atoms with Crippen molar-refractivity contribution >= 4 is 40.0 Å². The van der Waals surface area contributed by atoms with Crippen LogP contribution in [0.1, 0.15) is 52.2 Å². The molecule has 256 valence electrons. The summed E-state index contributed by atoms with van der Waals surface area (Å²) in [5.41, 5.74) is 2.17. The third-order valence-electron chi connectivity index (χ3n) is 7.20. The standard InChI is InChI=1S/C23H36N4O2.C6H6O.C6H7P.2CH2O/c1-6-11-25-13-15-26(16-14-25)22(28)27-12-10-24-21(27)19-9-8-18(23(3,4)5)17-20(19)29-7-2;2*7-6-4-2-1-3-5-6;2*1-2/h8-9,17H,6-7,10-16H2,1-5H3;1-5,7H;1-5H,7H2;2*1H2. The number of phenols is 1. The molecular weight excluding hydrogens is 611 g/mol. The zero-order chi connectivity index (χ0) is 35.2.